The van der Waals surface area contributed by atoms with Gasteiger partial charge in [0.05, 0.1) is 22.5 Å². The molecule has 1 saturated carbocycles. The molecule has 1 aliphatic carbocycles. The Kier molecular flexibility index (Phi) is 8.24. The van der Waals surface area contributed by atoms with Crippen LogP contribution in [0.4, 0.5) is 39.4 Å². The zero-order valence-corrected chi connectivity index (χ0v) is 21.4. The molecule has 7 nitrogen and oxygen atoms in total. The lowest BCUT2D eigenvalue weighted by Gasteiger charge is -2.47. The van der Waals surface area contributed by atoms with E-state index in [0.717, 1.165) is 12.1 Å². The molecular formula is C26H34F4N6O. The monoisotopic (exact) mass is 522 g/mol. The summed E-state index contributed by atoms with van der Waals surface area (Å²) in [6, 6.07) is 7.02. The number of urea groups is 1. The van der Waals surface area contributed by atoms with Crippen molar-refractivity contribution in [3.05, 3.63) is 53.6 Å². The molecule has 11 heteroatoms. The van der Waals surface area contributed by atoms with E-state index in [4.69, 9.17) is 11.6 Å². The average Bonchev–Trinajstić information content (AvgIpc) is 2.77. The first-order valence-electron chi connectivity index (χ1n) is 12.1. The predicted molar refractivity (Wildman–Crippen MR) is 139 cm³/mol. The van der Waals surface area contributed by atoms with E-state index in [-0.39, 0.29) is 23.4 Å². The maximum atomic E-state index is 14.1. The Morgan fingerprint density at radius 1 is 1.00 bits per heavy atom. The van der Waals surface area contributed by atoms with E-state index in [1.54, 1.807) is 18.2 Å². The van der Waals surface area contributed by atoms with Crippen LogP contribution in [0.3, 0.4) is 0 Å². The molecule has 0 aliphatic heterocycles. The first-order valence-corrected chi connectivity index (χ1v) is 12.1. The van der Waals surface area contributed by atoms with E-state index >= 15 is 0 Å². The fourth-order valence-corrected chi connectivity index (χ4v) is 4.72. The molecule has 1 fully saturated rings. The highest BCUT2D eigenvalue weighted by Crippen LogP contribution is 2.54. The van der Waals surface area contributed by atoms with Gasteiger partial charge in [0.25, 0.3) is 5.92 Å². The summed E-state index contributed by atoms with van der Waals surface area (Å²) in [5, 5.41) is 8.59. The second kappa shape index (κ2) is 10.9. The largest absolute Gasteiger partial charge is 0.385 e. The molecular weight excluding hydrogens is 488 g/mol. The smallest absolute Gasteiger partial charge is 0.323 e. The zero-order valence-electron chi connectivity index (χ0n) is 21.4. The van der Waals surface area contributed by atoms with Crippen molar-refractivity contribution in [3.8, 4) is 0 Å². The Bertz CT molecular complexity index is 1150. The van der Waals surface area contributed by atoms with E-state index in [1.165, 1.54) is 0 Å². The van der Waals surface area contributed by atoms with Crippen molar-refractivity contribution in [1.82, 2.24) is 0 Å². The van der Waals surface area contributed by atoms with Crippen LogP contribution in [-0.2, 0) is 5.41 Å². The van der Waals surface area contributed by atoms with Crippen LogP contribution >= 0.6 is 0 Å². The van der Waals surface area contributed by atoms with Gasteiger partial charge in [0.1, 0.15) is 17.5 Å². The maximum Gasteiger partial charge on any atom is 0.323 e. The number of anilines is 3. The second-order valence-corrected chi connectivity index (χ2v) is 10.4. The number of alkyl halides is 2. The van der Waals surface area contributed by atoms with Gasteiger partial charge in [-0.2, -0.15) is 5.10 Å². The van der Waals surface area contributed by atoms with Crippen LogP contribution in [-0.4, -0.2) is 30.9 Å². The van der Waals surface area contributed by atoms with E-state index in [0.29, 0.717) is 36.1 Å². The number of halogens is 4. The van der Waals surface area contributed by atoms with Gasteiger partial charge in [-0.25, -0.2) is 22.4 Å². The Morgan fingerprint density at radius 2 is 1.59 bits per heavy atom. The standard InChI is InChI=1S/C26H34F4N6O/c1-15(2)11-36(12-16(3)4)22-8-5-17(25(23(31)35-32)13-26(29,30)14-25)9-21(22)34-24(37)33-20-7-6-18(27)10-19(20)28/h5-10,15-16H,11-14,32H2,1-4H3,(H2,31,35)(H2,33,34,37). The average molecular weight is 523 g/mol. The van der Waals surface area contributed by atoms with Crippen LogP contribution in [0.5, 0.6) is 0 Å². The number of nitrogens with zero attached hydrogens (tertiary/aromatic N) is 2. The van der Waals surface area contributed by atoms with E-state index in [2.05, 4.69) is 48.3 Å². The lowest BCUT2D eigenvalue weighted by Crippen LogP contribution is -2.57. The molecule has 0 heterocycles. The van der Waals surface area contributed by atoms with Crippen LogP contribution in [0.25, 0.3) is 0 Å². The molecule has 3 rings (SSSR count). The van der Waals surface area contributed by atoms with Gasteiger partial charge in [0.15, 0.2) is 0 Å². The van der Waals surface area contributed by atoms with Crippen LogP contribution in [0.2, 0.25) is 0 Å². The molecule has 0 spiro atoms. The number of rotatable bonds is 9. The van der Waals surface area contributed by atoms with Crippen LogP contribution < -0.4 is 27.1 Å². The van der Waals surface area contributed by atoms with Gasteiger partial charge >= 0.3 is 6.03 Å². The lowest BCUT2D eigenvalue weighted by molar-refractivity contribution is -0.105. The molecule has 2 aromatic rings. The van der Waals surface area contributed by atoms with E-state index < -0.39 is 41.8 Å². The van der Waals surface area contributed by atoms with Gasteiger partial charge in [0.2, 0.25) is 0 Å². The SMILES string of the molecule is CC(C)CN(CC(C)C)c1ccc(C2(/C(N)=N/N)CC(F)(F)C2)cc1NC(=O)Nc1ccc(F)cc1F. The fourth-order valence-electron chi connectivity index (χ4n) is 4.72. The lowest BCUT2D eigenvalue weighted by atomic mass is 9.61. The Morgan fingerprint density at radius 3 is 2.11 bits per heavy atom. The van der Waals surface area contributed by atoms with Crippen LogP contribution in [0.1, 0.15) is 46.1 Å². The Balaban J connectivity index is 2.04. The molecule has 1 aliphatic rings. The van der Waals surface area contributed by atoms with Crippen molar-refractivity contribution in [3.63, 3.8) is 0 Å². The first-order chi connectivity index (χ1) is 17.3. The topological polar surface area (TPSA) is 109 Å². The normalized spacial score (nSPS) is 16.4. The summed E-state index contributed by atoms with van der Waals surface area (Å²) in [5.74, 6) is 1.17. The molecule has 2 amide bonds. The fraction of sp³-hybridized carbons (Fsp3) is 0.462. The van der Waals surface area contributed by atoms with Crippen LogP contribution in [0.15, 0.2) is 41.5 Å². The number of benzene rings is 2. The third-order valence-corrected chi connectivity index (χ3v) is 6.24. The van der Waals surface area contributed by atoms with Gasteiger partial charge in [-0.05, 0) is 41.7 Å². The van der Waals surface area contributed by atoms with E-state index in [1.807, 2.05) is 0 Å². The highest BCUT2D eigenvalue weighted by Gasteiger charge is 2.60. The van der Waals surface area contributed by atoms with Gasteiger partial charge < -0.3 is 27.1 Å². The quantitative estimate of drug-likeness (QED) is 0.113. The summed E-state index contributed by atoms with van der Waals surface area (Å²) in [4.78, 5) is 15.0. The van der Waals surface area contributed by atoms with Crippen molar-refractivity contribution >= 4 is 28.9 Å². The number of hydrazone groups is 1. The van der Waals surface area contributed by atoms with Gasteiger partial charge in [-0.3, -0.25) is 0 Å². The molecule has 37 heavy (non-hydrogen) atoms. The third-order valence-electron chi connectivity index (χ3n) is 6.24. The molecule has 202 valence electrons. The number of nitrogens with two attached hydrogens (primary N) is 2. The predicted octanol–water partition coefficient (Wildman–Crippen LogP) is 5.63. The van der Waals surface area contributed by atoms with E-state index in [9.17, 15) is 22.4 Å². The number of hydrogen-bond donors (Lipinski definition) is 4. The van der Waals surface area contributed by atoms with Gasteiger partial charge in [-0.15, -0.1) is 0 Å². The zero-order chi connectivity index (χ0) is 27.5. The molecule has 6 N–H and O–H groups in total. The number of carbonyl (C=O) groups is 1. The molecule has 0 atom stereocenters. The minimum absolute atomic E-state index is 0.129. The van der Waals surface area contributed by atoms with Gasteiger partial charge in [0, 0.05) is 32.0 Å². The van der Waals surface area contributed by atoms with Crippen molar-refractivity contribution in [1.29, 1.82) is 0 Å². The van der Waals surface area contributed by atoms with Crippen molar-refractivity contribution in [2.24, 2.45) is 28.5 Å². The molecule has 2 aromatic carbocycles. The summed E-state index contributed by atoms with van der Waals surface area (Å²) in [6.45, 7) is 9.56. The maximum absolute atomic E-state index is 14.1. The molecule has 0 radical (unpaired) electrons. The van der Waals surface area contributed by atoms with Gasteiger partial charge in [-0.1, -0.05) is 33.8 Å². The van der Waals surface area contributed by atoms with Crippen molar-refractivity contribution in [2.45, 2.75) is 51.9 Å². The number of carbonyl (C=O) groups excluding carboxylic acids is 1. The first kappa shape index (κ1) is 28.1. The number of amidine groups is 1. The van der Waals surface area contributed by atoms with Crippen molar-refractivity contribution in [2.75, 3.05) is 28.6 Å². The Labute approximate surface area is 214 Å². The Hall–Kier alpha value is -3.50. The number of hydrogen-bond acceptors (Lipinski definition) is 4. The summed E-state index contributed by atoms with van der Waals surface area (Å²) in [7, 11) is 0. The third kappa shape index (κ3) is 6.44. The minimum atomic E-state index is -2.93. The summed E-state index contributed by atoms with van der Waals surface area (Å²) in [5.41, 5.74) is 5.89. The summed E-state index contributed by atoms with van der Waals surface area (Å²) >= 11 is 0. The molecule has 0 aromatic heterocycles. The molecule has 0 saturated heterocycles. The molecule has 0 unspecified atom stereocenters. The second-order valence-electron chi connectivity index (χ2n) is 10.4. The highest BCUT2D eigenvalue weighted by molar-refractivity contribution is 6.02. The van der Waals surface area contributed by atoms with Crippen molar-refractivity contribution < 1.29 is 22.4 Å². The highest BCUT2D eigenvalue weighted by atomic mass is 19.3. The number of nitrogens with one attached hydrogen (secondary N) is 2. The minimum Gasteiger partial charge on any atom is -0.385 e. The summed E-state index contributed by atoms with van der Waals surface area (Å²) in [6.07, 6.45) is -1.14. The summed E-state index contributed by atoms with van der Waals surface area (Å²) < 4.78 is 55.4. The molecule has 0 bridgehead atoms. The van der Waals surface area contributed by atoms with Crippen LogP contribution in [0, 0.1) is 23.5 Å². The number of amides is 2.